The number of imidazole rings is 1. The second-order valence-corrected chi connectivity index (χ2v) is 5.42. The van der Waals surface area contributed by atoms with Crippen molar-refractivity contribution in [2.75, 3.05) is 0 Å². The summed E-state index contributed by atoms with van der Waals surface area (Å²) in [5, 5.41) is 4.23. The second-order valence-electron chi connectivity index (χ2n) is 4.64. The van der Waals surface area contributed by atoms with Crippen LogP contribution >= 0.6 is 11.3 Å². The van der Waals surface area contributed by atoms with Gasteiger partial charge in [0.2, 0.25) is 0 Å². The van der Waals surface area contributed by atoms with Gasteiger partial charge < -0.3 is 4.98 Å². The van der Waals surface area contributed by atoms with Crippen LogP contribution < -0.4 is 0 Å². The van der Waals surface area contributed by atoms with Crippen molar-refractivity contribution in [2.45, 2.75) is 0 Å². The van der Waals surface area contributed by atoms with Crippen molar-refractivity contribution in [3.63, 3.8) is 0 Å². The van der Waals surface area contributed by atoms with Crippen LogP contribution in [0.15, 0.2) is 59.6 Å². The summed E-state index contributed by atoms with van der Waals surface area (Å²) in [5.41, 5.74) is 6.74. The molecule has 0 fully saturated rings. The number of thiophene rings is 1. The van der Waals surface area contributed by atoms with Crippen LogP contribution in [0.2, 0.25) is 0 Å². The molecular formula is C17H11N2S. The third-order valence-corrected chi connectivity index (χ3v) is 4.08. The highest BCUT2D eigenvalue weighted by Gasteiger charge is 2.03. The highest BCUT2D eigenvalue weighted by Crippen LogP contribution is 2.27. The molecule has 3 heteroatoms. The van der Waals surface area contributed by atoms with Gasteiger partial charge >= 0.3 is 0 Å². The average Bonchev–Trinajstić information content (AvgIpc) is 3.18. The smallest absolute Gasteiger partial charge is 0.0931 e. The molecule has 95 valence electrons. The van der Waals surface area contributed by atoms with Crippen molar-refractivity contribution < 1.29 is 0 Å². The molecule has 0 saturated heterocycles. The number of H-pyrrole nitrogens is 1. The molecule has 0 amide bonds. The lowest BCUT2D eigenvalue weighted by molar-refractivity contribution is 1.34. The Morgan fingerprint density at radius 3 is 2.75 bits per heavy atom. The summed E-state index contributed by atoms with van der Waals surface area (Å²) in [6, 6.07) is 18.0. The third-order valence-electron chi connectivity index (χ3n) is 3.40. The molecule has 0 saturated carbocycles. The maximum absolute atomic E-state index is 4.30. The summed E-state index contributed by atoms with van der Waals surface area (Å²) in [6.07, 6.45) is 1.72. The number of nitrogens with one attached hydrogen (secondary N) is 1. The Kier molecular flexibility index (Phi) is 2.64. The molecule has 20 heavy (non-hydrogen) atoms. The number of aromatic amines is 1. The Morgan fingerprint density at radius 1 is 1.00 bits per heavy atom. The Hall–Kier alpha value is -2.39. The number of hydrogen-bond acceptors (Lipinski definition) is 2. The first-order chi connectivity index (χ1) is 9.90. The van der Waals surface area contributed by atoms with E-state index < -0.39 is 0 Å². The number of fused-ring (bicyclic) bond motifs is 1. The Morgan fingerprint density at radius 2 is 1.95 bits per heavy atom. The fourth-order valence-electron chi connectivity index (χ4n) is 2.31. The number of benzene rings is 2. The molecule has 2 aromatic carbocycles. The quantitative estimate of drug-likeness (QED) is 0.561. The molecule has 4 rings (SSSR count). The van der Waals surface area contributed by atoms with Crippen LogP contribution in [0.1, 0.15) is 0 Å². The molecule has 1 radical (unpaired) electrons. The van der Waals surface area contributed by atoms with Gasteiger partial charge in [-0.3, -0.25) is 0 Å². The van der Waals surface area contributed by atoms with Crippen LogP contribution in [0, 0.1) is 6.07 Å². The second kappa shape index (κ2) is 4.62. The summed E-state index contributed by atoms with van der Waals surface area (Å²) in [5.74, 6) is 0. The van der Waals surface area contributed by atoms with Crippen LogP contribution in [0.5, 0.6) is 0 Å². The molecule has 2 heterocycles. The first-order valence-corrected chi connectivity index (χ1v) is 7.32. The van der Waals surface area contributed by atoms with Crippen molar-refractivity contribution in [3.05, 3.63) is 65.6 Å². The van der Waals surface area contributed by atoms with E-state index in [9.17, 15) is 0 Å². The molecule has 0 unspecified atom stereocenters. The van der Waals surface area contributed by atoms with Gasteiger partial charge in [0.15, 0.2) is 0 Å². The summed E-state index contributed by atoms with van der Waals surface area (Å²) in [7, 11) is 0. The van der Waals surface area contributed by atoms with Crippen molar-refractivity contribution in [2.24, 2.45) is 0 Å². The SMILES string of the molecule is [c]1cc(-c2ccc3[nH]cnc3c2)ccc1-c1ccsc1. The van der Waals surface area contributed by atoms with Crippen LogP contribution in [0.25, 0.3) is 33.3 Å². The van der Waals surface area contributed by atoms with Gasteiger partial charge in [-0.1, -0.05) is 18.2 Å². The van der Waals surface area contributed by atoms with E-state index in [2.05, 4.69) is 63.2 Å². The first-order valence-electron chi connectivity index (χ1n) is 6.38. The largest absolute Gasteiger partial charge is 0.345 e. The minimum absolute atomic E-state index is 0.990. The van der Waals surface area contributed by atoms with Gasteiger partial charge in [0.25, 0.3) is 0 Å². The zero-order chi connectivity index (χ0) is 13.4. The third kappa shape index (κ3) is 1.92. The maximum atomic E-state index is 4.30. The van der Waals surface area contributed by atoms with Gasteiger partial charge in [-0.15, -0.1) is 0 Å². The van der Waals surface area contributed by atoms with Crippen LogP contribution in [0.3, 0.4) is 0 Å². The summed E-state index contributed by atoms with van der Waals surface area (Å²) in [4.78, 5) is 7.41. The molecule has 2 nitrogen and oxygen atoms in total. The molecular weight excluding hydrogens is 264 g/mol. The Balaban J connectivity index is 1.74. The van der Waals surface area contributed by atoms with Gasteiger partial charge in [0.05, 0.1) is 17.4 Å². The fourth-order valence-corrected chi connectivity index (χ4v) is 2.97. The first kappa shape index (κ1) is 11.4. The van der Waals surface area contributed by atoms with E-state index in [4.69, 9.17) is 0 Å². The van der Waals surface area contributed by atoms with Crippen molar-refractivity contribution in [1.82, 2.24) is 9.97 Å². The highest BCUT2D eigenvalue weighted by atomic mass is 32.1. The van der Waals surface area contributed by atoms with E-state index in [0.29, 0.717) is 0 Å². The lowest BCUT2D eigenvalue weighted by Gasteiger charge is -2.03. The lowest BCUT2D eigenvalue weighted by atomic mass is 10.0. The fraction of sp³-hybridized carbons (Fsp3) is 0. The molecule has 0 bridgehead atoms. The molecule has 0 aliphatic carbocycles. The van der Waals surface area contributed by atoms with Gasteiger partial charge in [-0.2, -0.15) is 11.3 Å². The van der Waals surface area contributed by atoms with Crippen molar-refractivity contribution in [1.29, 1.82) is 0 Å². The highest BCUT2D eigenvalue weighted by molar-refractivity contribution is 7.08. The van der Waals surface area contributed by atoms with Crippen LogP contribution in [-0.4, -0.2) is 9.97 Å². The van der Waals surface area contributed by atoms with E-state index >= 15 is 0 Å². The van der Waals surface area contributed by atoms with E-state index in [0.717, 1.165) is 27.7 Å². The molecule has 2 aromatic heterocycles. The molecule has 0 aliphatic heterocycles. The minimum Gasteiger partial charge on any atom is -0.345 e. The van der Waals surface area contributed by atoms with E-state index in [-0.39, 0.29) is 0 Å². The topological polar surface area (TPSA) is 28.7 Å². The monoisotopic (exact) mass is 275 g/mol. The number of rotatable bonds is 2. The van der Waals surface area contributed by atoms with E-state index in [1.807, 2.05) is 6.07 Å². The lowest BCUT2D eigenvalue weighted by Crippen LogP contribution is -1.80. The summed E-state index contributed by atoms with van der Waals surface area (Å²) < 4.78 is 0. The number of nitrogens with zero attached hydrogens (tertiary/aromatic N) is 1. The zero-order valence-electron chi connectivity index (χ0n) is 10.6. The van der Waals surface area contributed by atoms with Gasteiger partial charge in [0, 0.05) is 0 Å². The molecule has 0 atom stereocenters. The number of hydrogen-bond donors (Lipinski definition) is 1. The van der Waals surface area contributed by atoms with Gasteiger partial charge in [0.1, 0.15) is 0 Å². The number of aromatic nitrogens is 2. The predicted octanol–water partition coefficient (Wildman–Crippen LogP) is 4.76. The van der Waals surface area contributed by atoms with E-state index in [1.54, 1.807) is 17.7 Å². The van der Waals surface area contributed by atoms with Crippen LogP contribution in [-0.2, 0) is 0 Å². The van der Waals surface area contributed by atoms with Crippen molar-refractivity contribution >= 4 is 22.4 Å². The van der Waals surface area contributed by atoms with Crippen molar-refractivity contribution in [3.8, 4) is 22.3 Å². The minimum atomic E-state index is 0.990. The zero-order valence-corrected chi connectivity index (χ0v) is 11.4. The standard InChI is InChI=1S/C17H11N2S/c1-3-13(15-7-8-20-10-15)4-2-12(1)14-5-6-16-17(9-14)19-11-18-16/h1-3,5-11H,(H,18,19). The van der Waals surface area contributed by atoms with Gasteiger partial charge in [-0.25, -0.2) is 4.98 Å². The van der Waals surface area contributed by atoms with Gasteiger partial charge in [-0.05, 0) is 63.3 Å². The Labute approximate surface area is 120 Å². The molecule has 0 spiro atoms. The molecule has 4 aromatic rings. The Bertz CT molecular complexity index is 842. The summed E-state index contributed by atoms with van der Waals surface area (Å²) >= 11 is 1.71. The molecule has 1 N–H and O–H groups in total. The predicted molar refractivity (Wildman–Crippen MR) is 83.7 cm³/mol. The maximum Gasteiger partial charge on any atom is 0.0931 e. The van der Waals surface area contributed by atoms with E-state index in [1.165, 1.54) is 5.56 Å². The normalized spacial score (nSPS) is 11.0. The summed E-state index contributed by atoms with van der Waals surface area (Å²) in [6.45, 7) is 0. The average molecular weight is 275 g/mol. The molecule has 0 aliphatic rings. The van der Waals surface area contributed by atoms with Crippen LogP contribution in [0.4, 0.5) is 0 Å².